The van der Waals surface area contributed by atoms with Crippen molar-refractivity contribution in [1.82, 2.24) is 0 Å². The van der Waals surface area contributed by atoms with Crippen LogP contribution in [0.25, 0.3) is 0 Å². The topological polar surface area (TPSA) is 37.3 Å². The summed E-state index contributed by atoms with van der Waals surface area (Å²) in [5.74, 6) is 0.943. The molecule has 0 heterocycles. The maximum atomic E-state index is 12.3. The van der Waals surface area contributed by atoms with Crippen molar-refractivity contribution in [3.63, 3.8) is 0 Å². The molecular weight excluding hydrogens is 200 g/mol. The molecule has 0 aliphatic heterocycles. The molecule has 0 saturated heterocycles. The summed E-state index contributed by atoms with van der Waals surface area (Å²) in [6.45, 7) is 8.26. The van der Waals surface area contributed by atoms with Gasteiger partial charge >= 0.3 is 0 Å². The van der Waals surface area contributed by atoms with Crippen molar-refractivity contribution in [2.75, 3.05) is 6.61 Å². The van der Waals surface area contributed by atoms with Crippen LogP contribution in [-0.2, 0) is 4.79 Å². The van der Waals surface area contributed by atoms with Crippen LogP contribution in [0.2, 0.25) is 0 Å². The molecule has 0 aromatic carbocycles. The molecule has 4 atom stereocenters. The molecule has 0 amide bonds. The van der Waals surface area contributed by atoms with E-state index >= 15 is 0 Å². The highest BCUT2D eigenvalue weighted by atomic mass is 16.3. The molecule has 2 aliphatic rings. The normalized spacial score (nSPS) is 47.8. The number of Topliss-reactive ketones (excluding diaryl/α,β-unsaturated/α-hetero) is 1. The lowest BCUT2D eigenvalue weighted by molar-refractivity contribution is -0.151. The number of hydrogen-bond acceptors (Lipinski definition) is 2. The zero-order valence-electron chi connectivity index (χ0n) is 10.3. The Morgan fingerprint density at radius 3 is 2.81 bits per heavy atom. The van der Waals surface area contributed by atoms with E-state index in [-0.39, 0.29) is 23.7 Å². The Kier molecular flexibility index (Phi) is 2.73. The lowest BCUT2D eigenvalue weighted by Gasteiger charge is -2.51. The Morgan fingerprint density at radius 1 is 1.56 bits per heavy atom. The number of hydrogen-bond donors (Lipinski definition) is 1. The van der Waals surface area contributed by atoms with Crippen LogP contribution in [0.5, 0.6) is 0 Å². The van der Waals surface area contributed by atoms with Gasteiger partial charge in [0.15, 0.2) is 0 Å². The molecular formula is C14H22O2. The summed E-state index contributed by atoms with van der Waals surface area (Å²) in [5.41, 5.74) is -0.567. The maximum Gasteiger partial charge on any atom is 0.142 e. The molecule has 2 aliphatic carbocycles. The van der Waals surface area contributed by atoms with Crippen LogP contribution in [0.4, 0.5) is 0 Å². The van der Waals surface area contributed by atoms with Gasteiger partial charge in [-0.2, -0.15) is 0 Å². The molecule has 2 nitrogen and oxygen atoms in total. The smallest absolute Gasteiger partial charge is 0.142 e. The Morgan fingerprint density at radius 2 is 2.25 bits per heavy atom. The fourth-order valence-electron chi connectivity index (χ4n) is 4.15. The van der Waals surface area contributed by atoms with Gasteiger partial charge in [-0.1, -0.05) is 19.9 Å². The Bertz CT molecular complexity index is 323. The van der Waals surface area contributed by atoms with Crippen molar-refractivity contribution in [2.45, 2.75) is 39.5 Å². The van der Waals surface area contributed by atoms with Gasteiger partial charge in [0.1, 0.15) is 5.78 Å². The van der Waals surface area contributed by atoms with Crippen LogP contribution in [0.3, 0.4) is 0 Å². The van der Waals surface area contributed by atoms with Gasteiger partial charge in [-0.3, -0.25) is 4.79 Å². The SMILES string of the molecule is C=C[C@@H]1CC[C@]2(C)[C@@H](C)CCC(=O)[C@]12CO. The fourth-order valence-corrected chi connectivity index (χ4v) is 4.15. The molecule has 2 heteroatoms. The van der Waals surface area contributed by atoms with Gasteiger partial charge in [0, 0.05) is 6.42 Å². The molecule has 1 N–H and O–H groups in total. The predicted octanol–water partition coefficient (Wildman–Crippen LogP) is 2.57. The maximum absolute atomic E-state index is 12.3. The van der Waals surface area contributed by atoms with Gasteiger partial charge in [0.25, 0.3) is 0 Å². The van der Waals surface area contributed by atoms with Crippen molar-refractivity contribution < 1.29 is 9.90 Å². The van der Waals surface area contributed by atoms with Gasteiger partial charge in [-0.25, -0.2) is 0 Å². The number of allylic oxidation sites excluding steroid dienone is 1. The number of fused-ring (bicyclic) bond motifs is 1. The molecule has 2 rings (SSSR count). The van der Waals surface area contributed by atoms with Crippen LogP contribution < -0.4 is 0 Å². The van der Waals surface area contributed by atoms with E-state index in [4.69, 9.17) is 0 Å². The first kappa shape index (κ1) is 11.8. The monoisotopic (exact) mass is 222 g/mol. The third-order valence-electron chi connectivity index (χ3n) is 5.55. The predicted molar refractivity (Wildman–Crippen MR) is 64.0 cm³/mol. The van der Waals surface area contributed by atoms with Crippen molar-refractivity contribution >= 4 is 5.78 Å². The summed E-state index contributed by atoms with van der Waals surface area (Å²) in [7, 11) is 0. The van der Waals surface area contributed by atoms with E-state index in [1.165, 1.54) is 0 Å². The third-order valence-corrected chi connectivity index (χ3v) is 5.55. The molecule has 90 valence electrons. The minimum Gasteiger partial charge on any atom is -0.395 e. The second-order valence-electron chi connectivity index (χ2n) is 5.79. The quantitative estimate of drug-likeness (QED) is 0.729. The average Bonchev–Trinajstić information content (AvgIpc) is 2.59. The van der Waals surface area contributed by atoms with E-state index in [9.17, 15) is 9.90 Å². The standard InChI is InChI=1S/C14H22O2/c1-4-11-7-8-13(3)10(2)5-6-12(16)14(11,13)9-15/h4,10-11,15H,1,5-9H2,2-3H3/t10-,11+,13+,14-/m0/s1. The van der Waals surface area contributed by atoms with E-state index in [0.717, 1.165) is 19.3 Å². The summed E-state index contributed by atoms with van der Waals surface area (Å²) >= 11 is 0. The first-order valence-electron chi connectivity index (χ1n) is 6.29. The molecule has 0 unspecified atom stereocenters. The van der Waals surface area contributed by atoms with E-state index in [0.29, 0.717) is 12.3 Å². The summed E-state index contributed by atoms with van der Waals surface area (Å²) in [5, 5.41) is 9.84. The van der Waals surface area contributed by atoms with Crippen molar-refractivity contribution in [3.05, 3.63) is 12.7 Å². The molecule has 0 spiro atoms. The van der Waals surface area contributed by atoms with E-state index in [2.05, 4.69) is 20.4 Å². The summed E-state index contributed by atoms with van der Waals surface area (Å²) in [6.07, 6.45) is 5.52. The lowest BCUT2D eigenvalue weighted by atomic mass is 9.52. The Balaban J connectivity index is 2.52. The first-order chi connectivity index (χ1) is 7.53. The summed E-state index contributed by atoms with van der Waals surface area (Å²) in [4.78, 5) is 12.3. The lowest BCUT2D eigenvalue weighted by Crippen LogP contribution is -2.54. The highest BCUT2D eigenvalue weighted by Crippen LogP contribution is 2.63. The van der Waals surface area contributed by atoms with Crippen molar-refractivity contribution in [3.8, 4) is 0 Å². The van der Waals surface area contributed by atoms with Gasteiger partial charge in [-0.05, 0) is 36.5 Å². The molecule has 2 fully saturated rings. The first-order valence-corrected chi connectivity index (χ1v) is 6.29. The number of rotatable bonds is 2. The highest BCUT2D eigenvalue weighted by Gasteiger charge is 2.63. The minimum absolute atomic E-state index is 0.0106. The summed E-state index contributed by atoms with van der Waals surface area (Å²) in [6, 6.07) is 0. The minimum atomic E-state index is -0.535. The molecule has 2 saturated carbocycles. The molecule has 16 heavy (non-hydrogen) atoms. The molecule has 0 radical (unpaired) electrons. The summed E-state index contributed by atoms with van der Waals surface area (Å²) < 4.78 is 0. The van der Waals surface area contributed by atoms with E-state index < -0.39 is 5.41 Å². The number of carbonyl (C=O) groups is 1. The highest BCUT2D eigenvalue weighted by molar-refractivity contribution is 5.88. The number of aliphatic hydroxyl groups excluding tert-OH is 1. The van der Waals surface area contributed by atoms with Gasteiger partial charge in [0.2, 0.25) is 0 Å². The van der Waals surface area contributed by atoms with Crippen LogP contribution in [0.15, 0.2) is 12.7 Å². The van der Waals surface area contributed by atoms with Gasteiger partial charge < -0.3 is 5.11 Å². The third kappa shape index (κ3) is 1.14. The number of aliphatic hydroxyl groups is 1. The number of ketones is 1. The van der Waals surface area contributed by atoms with Crippen LogP contribution in [0, 0.1) is 22.7 Å². The molecule has 0 aromatic rings. The Hall–Kier alpha value is -0.630. The number of carbonyl (C=O) groups excluding carboxylic acids is 1. The zero-order chi connectivity index (χ0) is 12.0. The second-order valence-corrected chi connectivity index (χ2v) is 5.79. The van der Waals surface area contributed by atoms with Crippen LogP contribution in [0.1, 0.15) is 39.5 Å². The van der Waals surface area contributed by atoms with E-state index in [1.807, 2.05) is 6.08 Å². The van der Waals surface area contributed by atoms with Crippen molar-refractivity contribution in [1.29, 1.82) is 0 Å². The second kappa shape index (κ2) is 3.69. The molecule has 0 bridgehead atoms. The van der Waals surface area contributed by atoms with Gasteiger partial charge in [0.05, 0.1) is 12.0 Å². The van der Waals surface area contributed by atoms with Gasteiger partial charge in [-0.15, -0.1) is 6.58 Å². The molecule has 0 aromatic heterocycles. The van der Waals surface area contributed by atoms with E-state index in [1.54, 1.807) is 0 Å². The fraction of sp³-hybridized carbons (Fsp3) is 0.786. The van der Waals surface area contributed by atoms with Crippen molar-refractivity contribution in [2.24, 2.45) is 22.7 Å². The zero-order valence-corrected chi connectivity index (χ0v) is 10.3. The Labute approximate surface area is 97.7 Å². The largest absolute Gasteiger partial charge is 0.395 e. The van der Waals surface area contributed by atoms with Crippen LogP contribution >= 0.6 is 0 Å². The van der Waals surface area contributed by atoms with Crippen LogP contribution in [-0.4, -0.2) is 17.5 Å². The average molecular weight is 222 g/mol.